The number of aromatic nitrogens is 2. The fourth-order valence-electron chi connectivity index (χ4n) is 2.54. The summed E-state index contributed by atoms with van der Waals surface area (Å²) in [4.78, 5) is 13.7. The van der Waals surface area contributed by atoms with Crippen LogP contribution < -0.4 is 10.1 Å². The van der Waals surface area contributed by atoms with Crippen molar-refractivity contribution in [3.05, 3.63) is 47.8 Å². The molecule has 2 N–H and O–H groups in total. The van der Waals surface area contributed by atoms with Crippen LogP contribution in [0.5, 0.6) is 5.75 Å². The molecular weight excluding hydrogens is 280 g/mol. The Morgan fingerprint density at radius 3 is 2.77 bits per heavy atom. The van der Waals surface area contributed by atoms with Crippen molar-refractivity contribution >= 4 is 5.91 Å². The average Bonchev–Trinajstić information content (AvgIpc) is 3.02. The Bertz CT molecular complexity index is 604. The topological polar surface area (TPSA) is 70.2 Å². The lowest BCUT2D eigenvalue weighted by molar-refractivity contribution is -0.129. The molecule has 0 saturated carbocycles. The van der Waals surface area contributed by atoms with Gasteiger partial charge in [0.1, 0.15) is 12.4 Å². The predicted octanol–water partition coefficient (Wildman–Crippen LogP) is 1.17. The fraction of sp³-hybridized carbons (Fsp3) is 0.375. The predicted molar refractivity (Wildman–Crippen MR) is 82.2 cm³/mol. The van der Waals surface area contributed by atoms with Crippen LogP contribution in [0.4, 0.5) is 0 Å². The number of hydrogen-bond donors (Lipinski definition) is 2. The molecule has 2 aromatic rings. The lowest BCUT2D eigenvalue weighted by Crippen LogP contribution is -2.52. The summed E-state index contributed by atoms with van der Waals surface area (Å²) in [6.45, 7) is 3.04. The van der Waals surface area contributed by atoms with Crippen molar-refractivity contribution in [3.8, 4) is 5.75 Å². The van der Waals surface area contributed by atoms with Gasteiger partial charge in [-0.3, -0.25) is 14.8 Å². The van der Waals surface area contributed by atoms with Crippen LogP contribution in [-0.2, 0) is 17.9 Å². The second-order valence-corrected chi connectivity index (χ2v) is 5.54. The number of rotatable bonds is 6. The molecule has 1 aliphatic rings. The van der Waals surface area contributed by atoms with E-state index in [0.29, 0.717) is 6.61 Å². The largest absolute Gasteiger partial charge is 0.489 e. The summed E-state index contributed by atoms with van der Waals surface area (Å²) in [5, 5.41) is 9.34. The molecule has 1 amide bonds. The zero-order chi connectivity index (χ0) is 15.4. The van der Waals surface area contributed by atoms with Gasteiger partial charge in [0.25, 0.3) is 0 Å². The maximum atomic E-state index is 11.4. The van der Waals surface area contributed by atoms with Gasteiger partial charge in [0, 0.05) is 38.4 Å². The number of carbonyl (C=O) groups excluding carboxylic acids is 1. The van der Waals surface area contributed by atoms with Gasteiger partial charge in [-0.1, -0.05) is 12.1 Å². The Labute approximate surface area is 129 Å². The lowest BCUT2D eigenvalue weighted by atomic mass is 9.98. The standard InChI is InChI=1S/C16H20N4O2/c1-17-16(21)14-9-20(10-14)8-12-2-4-15(5-3-12)22-11-13-6-18-19-7-13/h2-7,14H,8-11H2,1H3,(H,17,21)(H,18,19). The van der Waals surface area contributed by atoms with Crippen molar-refractivity contribution in [1.29, 1.82) is 0 Å². The van der Waals surface area contributed by atoms with Gasteiger partial charge in [0.15, 0.2) is 0 Å². The Morgan fingerprint density at radius 1 is 1.36 bits per heavy atom. The van der Waals surface area contributed by atoms with Gasteiger partial charge in [-0.15, -0.1) is 0 Å². The number of hydrogen-bond acceptors (Lipinski definition) is 4. The number of ether oxygens (including phenoxy) is 1. The Hall–Kier alpha value is -2.34. The molecule has 0 radical (unpaired) electrons. The van der Waals surface area contributed by atoms with E-state index in [4.69, 9.17) is 4.74 Å². The van der Waals surface area contributed by atoms with Gasteiger partial charge in [0.05, 0.1) is 12.1 Å². The molecule has 1 aromatic heterocycles. The molecule has 22 heavy (non-hydrogen) atoms. The zero-order valence-corrected chi connectivity index (χ0v) is 12.6. The Morgan fingerprint density at radius 2 is 2.14 bits per heavy atom. The SMILES string of the molecule is CNC(=O)C1CN(Cc2ccc(OCc3cn[nH]c3)cc2)C1. The van der Waals surface area contributed by atoms with E-state index in [-0.39, 0.29) is 11.8 Å². The molecule has 0 spiro atoms. The summed E-state index contributed by atoms with van der Waals surface area (Å²) < 4.78 is 5.69. The van der Waals surface area contributed by atoms with Gasteiger partial charge in [0.2, 0.25) is 5.91 Å². The van der Waals surface area contributed by atoms with Gasteiger partial charge in [-0.05, 0) is 17.7 Å². The third-order valence-electron chi connectivity index (χ3n) is 3.86. The van der Waals surface area contributed by atoms with Gasteiger partial charge in [-0.25, -0.2) is 0 Å². The zero-order valence-electron chi connectivity index (χ0n) is 12.6. The summed E-state index contributed by atoms with van der Waals surface area (Å²) in [5.74, 6) is 1.12. The van der Waals surface area contributed by atoms with Crippen LogP contribution in [0, 0.1) is 5.92 Å². The number of nitrogens with zero attached hydrogens (tertiary/aromatic N) is 2. The van der Waals surface area contributed by atoms with Crippen LogP contribution in [0.25, 0.3) is 0 Å². The smallest absolute Gasteiger partial charge is 0.225 e. The molecule has 1 aromatic carbocycles. The minimum atomic E-state index is 0.138. The highest BCUT2D eigenvalue weighted by Gasteiger charge is 2.31. The summed E-state index contributed by atoms with van der Waals surface area (Å²) in [6.07, 6.45) is 3.57. The number of nitrogens with one attached hydrogen (secondary N) is 2. The van der Waals surface area contributed by atoms with Gasteiger partial charge >= 0.3 is 0 Å². The molecule has 1 aliphatic heterocycles. The minimum absolute atomic E-state index is 0.138. The molecule has 0 unspecified atom stereocenters. The molecule has 6 heteroatoms. The molecule has 6 nitrogen and oxygen atoms in total. The number of aromatic amines is 1. The van der Waals surface area contributed by atoms with E-state index >= 15 is 0 Å². The molecule has 0 atom stereocenters. The Kier molecular flexibility index (Phi) is 4.39. The average molecular weight is 300 g/mol. The first kappa shape index (κ1) is 14.6. The number of benzene rings is 1. The van der Waals surface area contributed by atoms with Crippen molar-refractivity contribution in [2.45, 2.75) is 13.2 Å². The number of carbonyl (C=O) groups is 1. The molecular formula is C16H20N4O2. The van der Waals surface area contributed by atoms with Crippen molar-refractivity contribution in [2.75, 3.05) is 20.1 Å². The molecule has 0 aliphatic carbocycles. The minimum Gasteiger partial charge on any atom is -0.489 e. The monoisotopic (exact) mass is 300 g/mol. The first-order valence-corrected chi connectivity index (χ1v) is 7.38. The highest BCUT2D eigenvalue weighted by molar-refractivity contribution is 5.79. The lowest BCUT2D eigenvalue weighted by Gasteiger charge is -2.38. The van der Waals surface area contributed by atoms with E-state index in [0.717, 1.165) is 30.9 Å². The molecule has 3 rings (SSSR count). The first-order valence-electron chi connectivity index (χ1n) is 7.38. The van der Waals surface area contributed by atoms with Crippen molar-refractivity contribution in [3.63, 3.8) is 0 Å². The molecule has 1 saturated heterocycles. The van der Waals surface area contributed by atoms with Crippen LogP contribution >= 0.6 is 0 Å². The summed E-state index contributed by atoms with van der Waals surface area (Å²) in [7, 11) is 1.69. The van der Waals surface area contributed by atoms with Crippen molar-refractivity contribution in [1.82, 2.24) is 20.4 Å². The van der Waals surface area contributed by atoms with E-state index < -0.39 is 0 Å². The third-order valence-corrected chi connectivity index (χ3v) is 3.86. The van der Waals surface area contributed by atoms with E-state index in [2.05, 4.69) is 32.5 Å². The fourth-order valence-corrected chi connectivity index (χ4v) is 2.54. The summed E-state index contributed by atoms with van der Waals surface area (Å²) >= 11 is 0. The van der Waals surface area contributed by atoms with Crippen molar-refractivity contribution < 1.29 is 9.53 Å². The molecule has 116 valence electrons. The number of likely N-dealkylation sites (tertiary alicyclic amines) is 1. The van der Waals surface area contributed by atoms with E-state index in [9.17, 15) is 4.79 Å². The third kappa shape index (κ3) is 3.46. The first-order chi connectivity index (χ1) is 10.7. The maximum Gasteiger partial charge on any atom is 0.225 e. The quantitative estimate of drug-likeness (QED) is 0.840. The molecule has 1 fully saturated rings. The number of amides is 1. The second kappa shape index (κ2) is 6.62. The van der Waals surface area contributed by atoms with Crippen LogP contribution in [0.15, 0.2) is 36.7 Å². The summed E-state index contributed by atoms with van der Waals surface area (Å²) in [6, 6.07) is 8.09. The van der Waals surface area contributed by atoms with Crippen LogP contribution in [-0.4, -0.2) is 41.1 Å². The van der Waals surface area contributed by atoms with Crippen molar-refractivity contribution in [2.24, 2.45) is 5.92 Å². The Balaban J connectivity index is 1.45. The summed E-state index contributed by atoms with van der Waals surface area (Å²) in [5.41, 5.74) is 2.25. The van der Waals surface area contributed by atoms with Crippen LogP contribution in [0.1, 0.15) is 11.1 Å². The highest BCUT2D eigenvalue weighted by Crippen LogP contribution is 2.20. The van der Waals surface area contributed by atoms with E-state index in [1.165, 1.54) is 5.56 Å². The second-order valence-electron chi connectivity index (χ2n) is 5.54. The van der Waals surface area contributed by atoms with E-state index in [1.54, 1.807) is 13.2 Å². The van der Waals surface area contributed by atoms with Crippen LogP contribution in [0.2, 0.25) is 0 Å². The molecule has 2 heterocycles. The van der Waals surface area contributed by atoms with Gasteiger partial charge in [-0.2, -0.15) is 5.10 Å². The van der Waals surface area contributed by atoms with E-state index in [1.807, 2.05) is 18.3 Å². The van der Waals surface area contributed by atoms with Gasteiger partial charge < -0.3 is 10.1 Å². The normalized spacial score (nSPS) is 15.3. The number of H-pyrrole nitrogens is 1. The maximum absolute atomic E-state index is 11.4. The molecule has 0 bridgehead atoms. The highest BCUT2D eigenvalue weighted by atomic mass is 16.5. The van der Waals surface area contributed by atoms with Crippen LogP contribution in [0.3, 0.4) is 0 Å².